The fourth-order valence-electron chi connectivity index (χ4n) is 3.18. The number of phenolic OH excluding ortho intramolecular Hbond substituents is 1. The van der Waals surface area contributed by atoms with Crippen LogP contribution in [0.4, 0.5) is 0 Å². The summed E-state index contributed by atoms with van der Waals surface area (Å²) in [5, 5.41) is 15.7. The van der Waals surface area contributed by atoms with Crippen LogP contribution in [0.3, 0.4) is 0 Å². The molecule has 2 aromatic rings. The fraction of sp³-hybridized carbons (Fsp3) is 0.421. The van der Waals surface area contributed by atoms with Crippen LogP contribution in [0, 0.1) is 20.8 Å². The number of thiocarbonyl (C=S) groups is 1. The molecule has 1 aliphatic heterocycles. The van der Waals surface area contributed by atoms with Crippen molar-refractivity contribution in [3.05, 3.63) is 44.6 Å². The first-order chi connectivity index (χ1) is 11.3. The van der Waals surface area contributed by atoms with Gasteiger partial charge < -0.3 is 15.2 Å². The van der Waals surface area contributed by atoms with Crippen molar-refractivity contribution < 1.29 is 9.84 Å². The van der Waals surface area contributed by atoms with Crippen LogP contribution in [0.15, 0.2) is 17.5 Å². The number of hydrogen-bond acceptors (Lipinski definition) is 4. The van der Waals surface area contributed by atoms with Crippen LogP contribution in [0.2, 0.25) is 0 Å². The Kier molecular flexibility index (Phi) is 4.58. The van der Waals surface area contributed by atoms with E-state index in [1.165, 1.54) is 4.88 Å². The summed E-state index contributed by atoms with van der Waals surface area (Å²) in [6.07, 6.45) is 1.66. The van der Waals surface area contributed by atoms with Crippen molar-refractivity contribution in [3.8, 4) is 11.5 Å². The van der Waals surface area contributed by atoms with E-state index in [1.54, 1.807) is 11.3 Å². The van der Waals surface area contributed by atoms with E-state index in [-0.39, 0.29) is 0 Å². The molecule has 3 rings (SSSR count). The van der Waals surface area contributed by atoms with E-state index in [2.05, 4.69) is 23.7 Å². The molecule has 24 heavy (non-hydrogen) atoms. The molecule has 0 bridgehead atoms. The van der Waals surface area contributed by atoms with Crippen LogP contribution in [-0.4, -0.2) is 15.7 Å². The quantitative estimate of drug-likeness (QED) is 0.785. The molecule has 2 heterocycles. The van der Waals surface area contributed by atoms with Crippen LogP contribution in [0.5, 0.6) is 11.5 Å². The van der Waals surface area contributed by atoms with Gasteiger partial charge in [0.25, 0.3) is 0 Å². The average molecular weight is 362 g/mol. The third-order valence-electron chi connectivity index (χ3n) is 5.00. The molecule has 1 unspecified atom stereocenters. The van der Waals surface area contributed by atoms with Crippen LogP contribution >= 0.6 is 23.6 Å². The first-order valence-corrected chi connectivity index (χ1v) is 9.43. The van der Waals surface area contributed by atoms with Crippen LogP contribution in [0.25, 0.3) is 0 Å². The molecule has 5 heteroatoms. The Morgan fingerprint density at radius 1 is 1.33 bits per heavy atom. The monoisotopic (exact) mass is 361 g/mol. The van der Waals surface area contributed by atoms with Crippen LogP contribution in [-0.2, 0) is 13.0 Å². The summed E-state index contributed by atoms with van der Waals surface area (Å²) in [7, 11) is 0. The highest BCUT2D eigenvalue weighted by Gasteiger charge is 2.38. The lowest BCUT2D eigenvalue weighted by molar-refractivity contribution is 0.131. The van der Waals surface area contributed by atoms with Gasteiger partial charge in [-0.05, 0) is 68.7 Å². The Bertz CT molecular complexity index is 783. The molecule has 3 nitrogen and oxygen atoms in total. The highest BCUT2D eigenvalue weighted by atomic mass is 32.1. The maximum Gasteiger partial charge on any atom is 0.156 e. The Morgan fingerprint density at radius 2 is 2.08 bits per heavy atom. The summed E-state index contributed by atoms with van der Waals surface area (Å²) in [5.41, 5.74) is 3.40. The number of thiophene rings is 1. The number of fused-ring (bicyclic) bond motifs is 1. The minimum atomic E-state index is -0.514. The van der Waals surface area contributed by atoms with Gasteiger partial charge in [-0.15, -0.1) is 11.3 Å². The molecule has 0 spiro atoms. The Hall–Kier alpha value is -1.59. The fourth-order valence-corrected chi connectivity index (χ4v) is 4.04. The third-order valence-corrected chi connectivity index (χ3v) is 6.46. The molecule has 0 saturated heterocycles. The van der Waals surface area contributed by atoms with Gasteiger partial charge in [-0.1, -0.05) is 18.3 Å². The highest BCUT2D eigenvalue weighted by Crippen LogP contribution is 2.43. The normalized spacial score (nSPS) is 19.5. The molecule has 0 saturated carbocycles. The van der Waals surface area contributed by atoms with Gasteiger partial charge in [0.2, 0.25) is 0 Å². The highest BCUT2D eigenvalue weighted by molar-refractivity contribution is 7.80. The van der Waals surface area contributed by atoms with Gasteiger partial charge in [0.15, 0.2) is 5.60 Å². The van der Waals surface area contributed by atoms with E-state index in [1.807, 2.05) is 26.8 Å². The lowest BCUT2D eigenvalue weighted by Crippen LogP contribution is -2.49. The molecule has 1 aromatic heterocycles. The first-order valence-electron chi connectivity index (χ1n) is 8.15. The summed E-state index contributed by atoms with van der Waals surface area (Å²) in [5.74, 6) is 1.27. The predicted octanol–water partition coefficient (Wildman–Crippen LogP) is 4.58. The van der Waals surface area contributed by atoms with Crippen molar-refractivity contribution in [2.75, 3.05) is 0 Å². The predicted molar refractivity (Wildman–Crippen MR) is 103 cm³/mol. The first kappa shape index (κ1) is 17.2. The van der Waals surface area contributed by atoms with Gasteiger partial charge >= 0.3 is 0 Å². The van der Waals surface area contributed by atoms with Crippen molar-refractivity contribution in [3.63, 3.8) is 0 Å². The number of phenols is 1. The zero-order valence-electron chi connectivity index (χ0n) is 14.5. The minimum Gasteiger partial charge on any atom is -0.507 e. The zero-order chi connectivity index (χ0) is 17.5. The smallest absolute Gasteiger partial charge is 0.156 e. The molecule has 1 aromatic carbocycles. The molecule has 0 aliphatic carbocycles. The van der Waals surface area contributed by atoms with E-state index >= 15 is 0 Å². The molecule has 1 atom stereocenters. The number of benzene rings is 1. The minimum absolute atomic E-state index is 0.386. The van der Waals surface area contributed by atoms with Gasteiger partial charge in [-0.2, -0.15) is 0 Å². The van der Waals surface area contributed by atoms with E-state index < -0.39 is 5.60 Å². The van der Waals surface area contributed by atoms with Crippen molar-refractivity contribution in [2.45, 2.75) is 52.7 Å². The summed E-state index contributed by atoms with van der Waals surface area (Å²) in [4.78, 5) is 1.99. The Morgan fingerprint density at radius 3 is 2.75 bits per heavy atom. The maximum atomic E-state index is 10.3. The van der Waals surface area contributed by atoms with E-state index in [9.17, 15) is 5.11 Å². The number of nitrogens with one attached hydrogen (secondary N) is 1. The number of ether oxygens (including phenoxy) is 1. The summed E-state index contributed by atoms with van der Waals surface area (Å²) < 4.78 is 6.39. The summed E-state index contributed by atoms with van der Waals surface area (Å²) in [6.45, 7) is 8.67. The maximum absolute atomic E-state index is 10.3. The Labute approximate surface area is 152 Å². The molecule has 2 N–H and O–H groups in total. The average Bonchev–Trinajstić information content (AvgIpc) is 3.09. The number of rotatable bonds is 3. The molecule has 0 radical (unpaired) electrons. The molecule has 0 fully saturated rings. The second-order valence-electron chi connectivity index (χ2n) is 6.63. The van der Waals surface area contributed by atoms with E-state index in [0.717, 1.165) is 52.4 Å². The van der Waals surface area contributed by atoms with Gasteiger partial charge in [0.05, 0.1) is 0 Å². The number of hydrogen-bond donors (Lipinski definition) is 2. The largest absolute Gasteiger partial charge is 0.507 e. The molecule has 128 valence electrons. The van der Waals surface area contributed by atoms with Gasteiger partial charge in [0, 0.05) is 17.0 Å². The second kappa shape index (κ2) is 6.37. The zero-order valence-corrected chi connectivity index (χ0v) is 16.2. The summed E-state index contributed by atoms with van der Waals surface area (Å²) in [6, 6.07) is 4.14. The van der Waals surface area contributed by atoms with Crippen molar-refractivity contribution in [2.24, 2.45) is 0 Å². The SMILES string of the molecule is Cc1c(C)c2c(c(C)c1O)CCC(C)(C(=S)NCc1cccs1)O2. The van der Waals surface area contributed by atoms with Crippen LogP contribution < -0.4 is 10.1 Å². The molecule has 0 amide bonds. The molecular formula is C19H23NO2S2. The van der Waals surface area contributed by atoms with Crippen molar-refractivity contribution in [1.29, 1.82) is 0 Å². The third kappa shape index (κ3) is 2.91. The van der Waals surface area contributed by atoms with Gasteiger partial charge in [-0.25, -0.2) is 0 Å². The molecule has 1 aliphatic rings. The lowest BCUT2D eigenvalue weighted by Gasteiger charge is -2.38. The topological polar surface area (TPSA) is 41.5 Å². The van der Waals surface area contributed by atoms with E-state index in [0.29, 0.717) is 5.75 Å². The van der Waals surface area contributed by atoms with Crippen LogP contribution in [0.1, 0.15) is 40.5 Å². The van der Waals surface area contributed by atoms with Crippen molar-refractivity contribution in [1.82, 2.24) is 5.32 Å². The lowest BCUT2D eigenvalue weighted by atomic mass is 9.87. The molecular weight excluding hydrogens is 338 g/mol. The number of aromatic hydroxyl groups is 1. The summed E-state index contributed by atoms with van der Waals surface area (Å²) >= 11 is 7.36. The standard InChI is InChI=1S/C19H23NO2S2/c1-11-12(2)17-15(13(3)16(11)21)7-8-19(4,22-17)18(23)20-10-14-6-5-9-24-14/h5-6,9,21H,7-8,10H2,1-4H3,(H,20,23). The van der Waals surface area contributed by atoms with Gasteiger partial charge in [0.1, 0.15) is 16.5 Å². The second-order valence-corrected chi connectivity index (χ2v) is 8.07. The van der Waals surface area contributed by atoms with Crippen molar-refractivity contribution >= 4 is 28.5 Å². The van der Waals surface area contributed by atoms with E-state index in [4.69, 9.17) is 17.0 Å². The Balaban J connectivity index is 1.84. The van der Waals surface area contributed by atoms with Gasteiger partial charge in [-0.3, -0.25) is 0 Å².